The molecule has 0 aliphatic heterocycles. The van der Waals surface area contributed by atoms with Gasteiger partial charge in [0, 0.05) is 18.0 Å². The number of anilines is 1. The summed E-state index contributed by atoms with van der Waals surface area (Å²) in [7, 11) is 0. The number of aromatic amines is 1. The molecule has 138 valence electrons. The minimum Gasteiger partial charge on any atom is -0.373 e. The van der Waals surface area contributed by atoms with Crippen LogP contribution in [0.2, 0.25) is 0 Å². The van der Waals surface area contributed by atoms with Gasteiger partial charge in [-0.15, -0.1) is 0 Å². The van der Waals surface area contributed by atoms with Gasteiger partial charge in [0.1, 0.15) is 17.2 Å². The molecule has 0 bridgehead atoms. The lowest BCUT2D eigenvalue weighted by molar-refractivity contribution is 0.629. The van der Waals surface area contributed by atoms with Gasteiger partial charge in [0.05, 0.1) is 29.1 Å². The van der Waals surface area contributed by atoms with E-state index in [1.807, 2.05) is 47.9 Å². The smallest absolute Gasteiger partial charge is 0.159 e. The van der Waals surface area contributed by atoms with Crippen molar-refractivity contribution in [3.63, 3.8) is 0 Å². The molecule has 2 N–H and O–H groups in total. The molecule has 3 aromatic heterocycles. The number of pyridine rings is 1. The molecule has 2 aromatic carbocycles. The topological polar surface area (TPSA) is 71.4 Å². The van der Waals surface area contributed by atoms with Crippen molar-refractivity contribution in [1.82, 2.24) is 24.5 Å². The normalized spacial score (nSPS) is 12.5. The van der Waals surface area contributed by atoms with Crippen LogP contribution in [0.1, 0.15) is 18.8 Å². The van der Waals surface area contributed by atoms with Gasteiger partial charge < -0.3 is 10.3 Å². The van der Waals surface area contributed by atoms with Crippen LogP contribution >= 0.6 is 0 Å². The zero-order valence-electron chi connectivity index (χ0n) is 15.1. The minimum absolute atomic E-state index is 0.155. The Labute approximate surface area is 160 Å². The molecule has 5 rings (SSSR count). The van der Waals surface area contributed by atoms with E-state index in [0.29, 0.717) is 0 Å². The fraction of sp³-hybridized carbons (Fsp3) is 0.0952. The van der Waals surface area contributed by atoms with E-state index in [1.165, 1.54) is 12.1 Å². The Kier molecular flexibility index (Phi) is 3.79. The number of fused-ring (bicyclic) bond motifs is 2. The van der Waals surface area contributed by atoms with Crippen LogP contribution in [0.4, 0.5) is 10.1 Å². The van der Waals surface area contributed by atoms with E-state index in [4.69, 9.17) is 4.98 Å². The molecule has 3 heterocycles. The highest BCUT2D eigenvalue weighted by molar-refractivity contribution is 5.85. The monoisotopic (exact) mass is 372 g/mol. The second-order valence-electron chi connectivity index (χ2n) is 6.60. The summed E-state index contributed by atoms with van der Waals surface area (Å²) in [5.41, 5.74) is 4.75. The third kappa shape index (κ3) is 2.68. The number of benzene rings is 2. The number of rotatable bonds is 4. The molecule has 1 atom stereocenters. The Bertz CT molecular complexity index is 1270. The molecule has 7 heteroatoms. The number of aromatic nitrogens is 5. The van der Waals surface area contributed by atoms with Crippen LogP contribution in [0.15, 0.2) is 67.1 Å². The number of para-hydroxylation sites is 1. The zero-order chi connectivity index (χ0) is 19.1. The molecule has 0 unspecified atom stereocenters. The minimum atomic E-state index is -0.288. The first kappa shape index (κ1) is 16.4. The first-order chi connectivity index (χ1) is 13.7. The number of H-pyrrole nitrogens is 1. The Balaban J connectivity index is 1.64. The highest BCUT2D eigenvalue weighted by Gasteiger charge is 2.19. The zero-order valence-corrected chi connectivity index (χ0v) is 15.1. The first-order valence-corrected chi connectivity index (χ1v) is 8.98. The molecule has 0 amide bonds. The average molecular weight is 372 g/mol. The van der Waals surface area contributed by atoms with Gasteiger partial charge >= 0.3 is 0 Å². The molecular formula is C21H17FN6. The number of hydrogen-bond donors (Lipinski definition) is 2. The van der Waals surface area contributed by atoms with Gasteiger partial charge in [0.25, 0.3) is 0 Å². The summed E-state index contributed by atoms with van der Waals surface area (Å²) in [5.74, 6) is 0.497. The largest absolute Gasteiger partial charge is 0.373 e. The molecule has 28 heavy (non-hydrogen) atoms. The number of nitrogens with one attached hydrogen (secondary N) is 2. The van der Waals surface area contributed by atoms with Crippen LogP contribution in [-0.4, -0.2) is 24.5 Å². The van der Waals surface area contributed by atoms with E-state index >= 15 is 0 Å². The first-order valence-electron chi connectivity index (χ1n) is 8.98. The quantitative estimate of drug-likeness (QED) is 0.483. The Morgan fingerprint density at radius 1 is 1.07 bits per heavy atom. The van der Waals surface area contributed by atoms with Gasteiger partial charge in [0.15, 0.2) is 5.65 Å². The van der Waals surface area contributed by atoms with Crippen LogP contribution < -0.4 is 5.32 Å². The second-order valence-corrected chi connectivity index (χ2v) is 6.60. The maximum absolute atomic E-state index is 14.0. The van der Waals surface area contributed by atoms with Crippen LogP contribution in [0.3, 0.4) is 0 Å². The summed E-state index contributed by atoms with van der Waals surface area (Å²) in [6.07, 6.45) is 3.35. The highest BCUT2D eigenvalue weighted by atomic mass is 19.1. The molecule has 0 saturated heterocycles. The van der Waals surface area contributed by atoms with Crippen molar-refractivity contribution in [3.05, 3.63) is 78.8 Å². The molecular weight excluding hydrogens is 355 g/mol. The summed E-state index contributed by atoms with van der Waals surface area (Å²) < 4.78 is 15.9. The van der Waals surface area contributed by atoms with Gasteiger partial charge in [-0.05, 0) is 37.3 Å². The van der Waals surface area contributed by atoms with Crippen molar-refractivity contribution >= 4 is 27.9 Å². The maximum Gasteiger partial charge on any atom is 0.159 e. The van der Waals surface area contributed by atoms with Gasteiger partial charge in [-0.2, -0.15) is 0 Å². The fourth-order valence-electron chi connectivity index (χ4n) is 3.47. The third-order valence-corrected chi connectivity index (χ3v) is 4.74. The summed E-state index contributed by atoms with van der Waals surface area (Å²) in [4.78, 5) is 16.4. The van der Waals surface area contributed by atoms with E-state index < -0.39 is 0 Å². The predicted octanol–water partition coefficient (Wildman–Crippen LogP) is 4.61. The highest BCUT2D eigenvalue weighted by Crippen LogP contribution is 2.29. The van der Waals surface area contributed by atoms with Crippen molar-refractivity contribution in [2.75, 3.05) is 5.32 Å². The molecule has 0 spiro atoms. The van der Waals surface area contributed by atoms with Crippen LogP contribution in [0.5, 0.6) is 0 Å². The molecule has 0 saturated carbocycles. The van der Waals surface area contributed by atoms with Gasteiger partial charge in [-0.1, -0.05) is 18.2 Å². The molecule has 0 aliphatic rings. The van der Waals surface area contributed by atoms with Crippen LogP contribution in [0, 0.1) is 5.82 Å². The lowest BCUT2D eigenvalue weighted by atomic mass is 10.2. The van der Waals surface area contributed by atoms with Crippen molar-refractivity contribution in [2.24, 2.45) is 0 Å². The molecule has 0 radical (unpaired) electrons. The molecule has 5 aromatic rings. The van der Waals surface area contributed by atoms with Crippen molar-refractivity contribution < 1.29 is 4.39 Å². The summed E-state index contributed by atoms with van der Waals surface area (Å²) in [5, 5.41) is 3.47. The van der Waals surface area contributed by atoms with E-state index in [2.05, 4.69) is 20.3 Å². The van der Waals surface area contributed by atoms with Crippen molar-refractivity contribution in [3.8, 4) is 5.69 Å². The lowest BCUT2D eigenvalue weighted by Crippen LogP contribution is -2.13. The van der Waals surface area contributed by atoms with E-state index in [-0.39, 0.29) is 11.9 Å². The number of halogens is 1. The van der Waals surface area contributed by atoms with Gasteiger partial charge in [-0.25, -0.2) is 19.3 Å². The average Bonchev–Trinajstić information content (AvgIpc) is 3.33. The van der Waals surface area contributed by atoms with Crippen molar-refractivity contribution in [1.29, 1.82) is 0 Å². The Morgan fingerprint density at radius 3 is 2.79 bits per heavy atom. The van der Waals surface area contributed by atoms with Gasteiger partial charge in [0.2, 0.25) is 0 Å². The van der Waals surface area contributed by atoms with Crippen LogP contribution in [0.25, 0.3) is 27.9 Å². The van der Waals surface area contributed by atoms with E-state index in [9.17, 15) is 4.39 Å². The molecule has 0 aliphatic carbocycles. The second kappa shape index (κ2) is 6.45. The number of nitrogens with zero attached hydrogens (tertiary/aromatic N) is 4. The van der Waals surface area contributed by atoms with Crippen LogP contribution in [-0.2, 0) is 0 Å². The number of hydrogen-bond acceptors (Lipinski definition) is 4. The Hall–Kier alpha value is -3.74. The standard InChI is InChI=1S/C21H17FN6/c1-13(26-17-9-10-23-20-19(17)24-12-25-20)21-27-16-8-7-14(22)11-18(16)28(21)15-5-3-2-4-6-15/h2-13H,1H3,(H2,23,24,25,26)/t13-/m0/s1. The van der Waals surface area contributed by atoms with E-state index in [1.54, 1.807) is 18.6 Å². The number of imidazole rings is 2. The summed E-state index contributed by atoms with van der Waals surface area (Å²) in [6, 6.07) is 16.2. The van der Waals surface area contributed by atoms with Crippen molar-refractivity contribution in [2.45, 2.75) is 13.0 Å². The van der Waals surface area contributed by atoms with Gasteiger partial charge in [-0.3, -0.25) is 4.57 Å². The summed E-state index contributed by atoms with van der Waals surface area (Å²) >= 11 is 0. The predicted molar refractivity (Wildman–Crippen MR) is 107 cm³/mol. The Morgan fingerprint density at radius 2 is 1.93 bits per heavy atom. The molecule has 0 fully saturated rings. The summed E-state index contributed by atoms with van der Waals surface area (Å²) in [6.45, 7) is 2.02. The van der Waals surface area contributed by atoms with E-state index in [0.717, 1.165) is 39.4 Å². The maximum atomic E-state index is 14.0. The fourth-order valence-corrected chi connectivity index (χ4v) is 3.47. The molecule has 6 nitrogen and oxygen atoms in total. The third-order valence-electron chi connectivity index (χ3n) is 4.74. The lowest BCUT2D eigenvalue weighted by Gasteiger charge is -2.17. The SMILES string of the molecule is C[C@H](Nc1ccnc2[nH]cnc12)c1nc2ccc(F)cc2n1-c1ccccc1.